The summed E-state index contributed by atoms with van der Waals surface area (Å²) in [6, 6.07) is 6.95. The number of rotatable bonds is 6. The summed E-state index contributed by atoms with van der Waals surface area (Å²) in [4.78, 5) is 30.5. The second-order valence-corrected chi connectivity index (χ2v) is 6.34. The number of hydrogen-bond acceptors (Lipinski definition) is 4. The minimum atomic E-state index is -0.577. The van der Waals surface area contributed by atoms with Crippen molar-refractivity contribution in [3.05, 3.63) is 52.7 Å². The average Bonchev–Trinajstić information content (AvgIpc) is 2.56. The number of ether oxygens (including phenoxy) is 1. The molecule has 0 N–H and O–H groups in total. The fourth-order valence-electron chi connectivity index (χ4n) is 2.45. The molecule has 0 unspecified atom stereocenters. The summed E-state index contributed by atoms with van der Waals surface area (Å²) in [6.45, 7) is 9.89. The highest BCUT2D eigenvalue weighted by molar-refractivity contribution is 6.31. The first kappa shape index (κ1) is 18.9. The van der Waals surface area contributed by atoms with Gasteiger partial charge in [-0.2, -0.15) is 0 Å². The van der Waals surface area contributed by atoms with Crippen LogP contribution in [0, 0.1) is 6.92 Å². The smallest absolute Gasteiger partial charge is 0.340 e. The molecule has 2 aromatic rings. The normalized spacial score (nSPS) is 10.6. The minimum Gasteiger partial charge on any atom is -0.452 e. The first-order valence-electron chi connectivity index (χ1n) is 7.98. The Morgan fingerprint density at radius 3 is 2.68 bits per heavy atom. The van der Waals surface area contributed by atoms with Crippen LogP contribution in [-0.2, 0) is 9.53 Å². The molecule has 0 aliphatic carbocycles. The van der Waals surface area contributed by atoms with E-state index in [4.69, 9.17) is 16.3 Å². The molecule has 0 aliphatic rings. The van der Waals surface area contributed by atoms with E-state index >= 15 is 0 Å². The highest BCUT2D eigenvalue weighted by Gasteiger charge is 2.17. The maximum atomic E-state index is 12.3. The number of amides is 1. The highest BCUT2D eigenvalue weighted by Crippen LogP contribution is 2.21. The van der Waals surface area contributed by atoms with Gasteiger partial charge in [-0.3, -0.25) is 9.78 Å². The van der Waals surface area contributed by atoms with Gasteiger partial charge in [-0.05, 0) is 45.0 Å². The van der Waals surface area contributed by atoms with Gasteiger partial charge in [0, 0.05) is 23.5 Å². The molecule has 132 valence electrons. The van der Waals surface area contributed by atoms with E-state index in [2.05, 4.69) is 11.6 Å². The van der Waals surface area contributed by atoms with Crippen LogP contribution in [0.4, 0.5) is 0 Å². The molecule has 0 radical (unpaired) electrons. The molecule has 2 rings (SSSR count). The maximum absolute atomic E-state index is 12.3. The van der Waals surface area contributed by atoms with Crippen LogP contribution in [0.1, 0.15) is 29.9 Å². The van der Waals surface area contributed by atoms with E-state index in [9.17, 15) is 9.59 Å². The maximum Gasteiger partial charge on any atom is 0.340 e. The zero-order valence-corrected chi connectivity index (χ0v) is 15.4. The lowest BCUT2D eigenvalue weighted by atomic mass is 10.1. The molecule has 0 saturated carbocycles. The molecule has 0 fully saturated rings. The number of pyridine rings is 1. The molecule has 1 aromatic carbocycles. The monoisotopic (exact) mass is 360 g/mol. The van der Waals surface area contributed by atoms with Crippen LogP contribution in [0.25, 0.3) is 10.9 Å². The van der Waals surface area contributed by atoms with Crippen LogP contribution in [-0.4, -0.2) is 41.5 Å². The number of hydrogen-bond donors (Lipinski definition) is 0. The van der Waals surface area contributed by atoms with Gasteiger partial charge in [0.05, 0.1) is 16.8 Å². The number of likely N-dealkylation sites (N-methyl/N-ethyl adjacent to an activating group) is 1. The number of aryl methyl sites for hydroxylation is 1. The summed E-state index contributed by atoms with van der Waals surface area (Å²) < 4.78 is 5.18. The molecule has 6 heteroatoms. The lowest BCUT2D eigenvalue weighted by Gasteiger charge is -2.20. The van der Waals surface area contributed by atoms with E-state index in [1.165, 1.54) is 0 Å². The second kappa shape index (κ2) is 8.12. The third kappa shape index (κ3) is 4.79. The summed E-state index contributed by atoms with van der Waals surface area (Å²) in [7, 11) is 0. The van der Waals surface area contributed by atoms with Crippen molar-refractivity contribution >= 4 is 34.4 Å². The number of fused-ring (bicyclic) bond motifs is 1. The zero-order chi connectivity index (χ0) is 18.6. The van der Waals surface area contributed by atoms with Gasteiger partial charge in [0.1, 0.15) is 0 Å². The van der Waals surface area contributed by atoms with Gasteiger partial charge < -0.3 is 9.64 Å². The predicted molar refractivity (Wildman–Crippen MR) is 98.8 cm³/mol. The third-order valence-corrected chi connectivity index (χ3v) is 3.94. The SMILES string of the molecule is C=C(C)CN(CC)C(=O)COC(=O)c1cc2cc(Cl)ccc2nc1C. The Kier molecular flexibility index (Phi) is 6.15. The Morgan fingerprint density at radius 1 is 1.32 bits per heavy atom. The lowest BCUT2D eigenvalue weighted by molar-refractivity contribution is -0.133. The van der Waals surface area contributed by atoms with Crippen LogP contribution >= 0.6 is 11.6 Å². The number of nitrogens with zero attached hydrogens (tertiary/aromatic N) is 2. The molecule has 1 heterocycles. The van der Waals surface area contributed by atoms with Crippen LogP contribution in [0.5, 0.6) is 0 Å². The predicted octanol–water partition coefficient (Wildman–Crippen LogP) is 3.78. The Bertz CT molecular complexity index is 833. The summed E-state index contributed by atoms with van der Waals surface area (Å²) in [6.07, 6.45) is 0. The number of esters is 1. The number of aromatic nitrogens is 1. The van der Waals surface area contributed by atoms with Crippen LogP contribution in [0.2, 0.25) is 5.02 Å². The van der Waals surface area contributed by atoms with Crippen molar-refractivity contribution in [3.63, 3.8) is 0 Å². The van der Waals surface area contributed by atoms with Crippen molar-refractivity contribution in [1.29, 1.82) is 0 Å². The van der Waals surface area contributed by atoms with E-state index in [0.29, 0.717) is 29.4 Å². The van der Waals surface area contributed by atoms with Gasteiger partial charge in [-0.15, -0.1) is 0 Å². The molecular formula is C19H21ClN2O3. The summed E-state index contributed by atoms with van der Waals surface area (Å²) >= 11 is 5.98. The largest absolute Gasteiger partial charge is 0.452 e. The fraction of sp³-hybridized carbons (Fsp3) is 0.316. The number of carbonyl (C=O) groups is 2. The molecule has 0 saturated heterocycles. The first-order chi connectivity index (χ1) is 11.8. The molecule has 0 spiro atoms. The number of carbonyl (C=O) groups excluding carboxylic acids is 2. The van der Waals surface area contributed by atoms with Gasteiger partial charge in [-0.1, -0.05) is 23.8 Å². The minimum absolute atomic E-state index is 0.256. The number of benzene rings is 1. The van der Waals surface area contributed by atoms with Crippen LogP contribution in [0.3, 0.4) is 0 Å². The van der Waals surface area contributed by atoms with Gasteiger partial charge in [0.15, 0.2) is 6.61 Å². The van der Waals surface area contributed by atoms with E-state index in [-0.39, 0.29) is 12.5 Å². The topological polar surface area (TPSA) is 59.5 Å². The quantitative estimate of drug-likeness (QED) is 0.581. The molecule has 0 atom stereocenters. The van der Waals surface area contributed by atoms with Gasteiger partial charge in [0.25, 0.3) is 5.91 Å². The van der Waals surface area contributed by atoms with Gasteiger partial charge in [0.2, 0.25) is 0 Å². The number of halogens is 1. The van der Waals surface area contributed by atoms with E-state index < -0.39 is 5.97 Å². The summed E-state index contributed by atoms with van der Waals surface area (Å²) in [5, 5.41) is 1.31. The third-order valence-electron chi connectivity index (χ3n) is 3.71. The van der Waals surface area contributed by atoms with Crippen LogP contribution in [0.15, 0.2) is 36.4 Å². The second-order valence-electron chi connectivity index (χ2n) is 5.90. The average molecular weight is 361 g/mol. The highest BCUT2D eigenvalue weighted by atomic mass is 35.5. The van der Waals surface area contributed by atoms with Crippen LogP contribution < -0.4 is 0 Å². The van der Waals surface area contributed by atoms with E-state index in [1.807, 2.05) is 13.8 Å². The van der Waals surface area contributed by atoms with E-state index in [1.54, 1.807) is 36.1 Å². The Labute approximate surface area is 152 Å². The molecule has 5 nitrogen and oxygen atoms in total. The molecule has 0 bridgehead atoms. The molecule has 1 amide bonds. The lowest BCUT2D eigenvalue weighted by Crippen LogP contribution is -2.35. The van der Waals surface area contributed by atoms with E-state index in [0.717, 1.165) is 16.5 Å². The fourth-order valence-corrected chi connectivity index (χ4v) is 2.63. The van der Waals surface area contributed by atoms with Crippen molar-refractivity contribution in [2.24, 2.45) is 0 Å². The molecule has 1 aromatic heterocycles. The molecular weight excluding hydrogens is 340 g/mol. The zero-order valence-electron chi connectivity index (χ0n) is 14.6. The van der Waals surface area contributed by atoms with Crippen molar-refractivity contribution in [3.8, 4) is 0 Å². The van der Waals surface area contributed by atoms with Crippen molar-refractivity contribution in [2.75, 3.05) is 19.7 Å². The van der Waals surface area contributed by atoms with Crippen molar-refractivity contribution < 1.29 is 14.3 Å². The standard InChI is InChI=1S/C19H21ClN2O3/c1-5-22(10-12(2)3)18(23)11-25-19(24)16-9-14-8-15(20)6-7-17(14)21-13(16)4/h6-9H,2,5,10-11H2,1,3-4H3. The summed E-state index contributed by atoms with van der Waals surface area (Å²) in [5.74, 6) is -0.833. The van der Waals surface area contributed by atoms with Crippen molar-refractivity contribution in [1.82, 2.24) is 9.88 Å². The summed E-state index contributed by atoms with van der Waals surface area (Å²) in [5.41, 5.74) is 2.48. The first-order valence-corrected chi connectivity index (χ1v) is 8.35. The van der Waals surface area contributed by atoms with Gasteiger partial charge in [-0.25, -0.2) is 4.79 Å². The Hall–Kier alpha value is -2.40. The molecule has 25 heavy (non-hydrogen) atoms. The molecule has 0 aliphatic heterocycles. The van der Waals surface area contributed by atoms with Gasteiger partial charge >= 0.3 is 5.97 Å². The van der Waals surface area contributed by atoms with Crippen molar-refractivity contribution in [2.45, 2.75) is 20.8 Å². The Morgan fingerprint density at radius 2 is 2.04 bits per heavy atom. The Balaban J connectivity index is 2.12.